The van der Waals surface area contributed by atoms with Crippen molar-refractivity contribution in [2.75, 3.05) is 13.7 Å². The summed E-state index contributed by atoms with van der Waals surface area (Å²) in [6.45, 7) is 6.89. The topological polar surface area (TPSA) is 18.5 Å². The number of rotatable bonds is 6. The summed E-state index contributed by atoms with van der Waals surface area (Å²) < 4.78 is 12.3. The third-order valence-electron chi connectivity index (χ3n) is 3.11. The van der Waals surface area contributed by atoms with Crippen LogP contribution in [0.25, 0.3) is 0 Å². The molecule has 19 heavy (non-hydrogen) atoms. The quantitative estimate of drug-likeness (QED) is 0.668. The van der Waals surface area contributed by atoms with Gasteiger partial charge in [0.05, 0.1) is 10.5 Å². The van der Waals surface area contributed by atoms with Gasteiger partial charge in [-0.25, -0.2) is 0 Å². The molecule has 0 spiro atoms. The van der Waals surface area contributed by atoms with Gasteiger partial charge in [-0.3, -0.25) is 0 Å². The molecular formula is C15H20Br2O2. The van der Waals surface area contributed by atoms with Gasteiger partial charge < -0.3 is 9.47 Å². The molecular weight excluding hydrogens is 372 g/mol. The van der Waals surface area contributed by atoms with Crippen molar-refractivity contribution in [1.29, 1.82) is 0 Å². The van der Waals surface area contributed by atoms with Gasteiger partial charge in [-0.15, -0.1) is 0 Å². The van der Waals surface area contributed by atoms with Gasteiger partial charge >= 0.3 is 0 Å². The van der Waals surface area contributed by atoms with E-state index in [1.807, 2.05) is 6.08 Å². The Balaban J connectivity index is 3.15. The van der Waals surface area contributed by atoms with Crippen molar-refractivity contribution >= 4 is 31.9 Å². The van der Waals surface area contributed by atoms with E-state index < -0.39 is 0 Å². The molecule has 0 aliphatic rings. The second kappa shape index (κ2) is 7.95. The normalized spacial score (nSPS) is 10.2. The van der Waals surface area contributed by atoms with Gasteiger partial charge in [0.25, 0.3) is 0 Å². The molecule has 0 saturated heterocycles. The highest BCUT2D eigenvalue weighted by molar-refractivity contribution is 9.28. The molecule has 0 atom stereocenters. The van der Waals surface area contributed by atoms with Gasteiger partial charge in [0.15, 0.2) is 0 Å². The van der Waals surface area contributed by atoms with Crippen molar-refractivity contribution in [2.45, 2.75) is 33.6 Å². The molecule has 106 valence electrons. The van der Waals surface area contributed by atoms with E-state index in [9.17, 15) is 0 Å². The highest BCUT2D eigenvalue weighted by Gasteiger charge is 2.14. The van der Waals surface area contributed by atoms with Crippen molar-refractivity contribution < 1.29 is 9.47 Å². The van der Waals surface area contributed by atoms with Crippen molar-refractivity contribution in [3.05, 3.63) is 32.2 Å². The lowest BCUT2D eigenvalue weighted by Crippen LogP contribution is -2.03. The number of methoxy groups -OCH3 is 1. The molecule has 4 heteroatoms. The van der Waals surface area contributed by atoms with Gasteiger partial charge in [0.2, 0.25) is 0 Å². The maximum atomic E-state index is 5.84. The molecule has 0 radical (unpaired) electrons. The zero-order chi connectivity index (χ0) is 14.4. The predicted molar refractivity (Wildman–Crippen MR) is 87.9 cm³/mol. The van der Waals surface area contributed by atoms with E-state index in [2.05, 4.69) is 58.7 Å². The van der Waals surface area contributed by atoms with Crippen LogP contribution in [0.3, 0.4) is 0 Å². The molecule has 0 N–H and O–H groups in total. The first kappa shape index (κ1) is 16.6. The van der Waals surface area contributed by atoms with Gasteiger partial charge in [-0.2, -0.15) is 0 Å². The maximum Gasteiger partial charge on any atom is 0.125 e. The minimum atomic E-state index is 0.533. The first-order valence-corrected chi connectivity index (χ1v) is 7.96. The number of halogens is 2. The van der Waals surface area contributed by atoms with E-state index in [-0.39, 0.29) is 0 Å². The number of hydrogen-bond acceptors (Lipinski definition) is 2. The average Bonchev–Trinajstić information content (AvgIpc) is 2.39. The molecule has 1 aromatic rings. The van der Waals surface area contributed by atoms with Crippen LogP contribution in [0.5, 0.6) is 11.5 Å². The zero-order valence-corrected chi connectivity index (χ0v) is 15.0. The Morgan fingerprint density at radius 3 is 2.42 bits per heavy atom. The van der Waals surface area contributed by atoms with Crippen LogP contribution in [0.15, 0.2) is 15.5 Å². The molecule has 0 aliphatic carbocycles. The Morgan fingerprint density at radius 2 is 1.95 bits per heavy atom. The molecule has 2 nitrogen and oxygen atoms in total. The Labute approximate surface area is 132 Å². The second-order valence-electron chi connectivity index (χ2n) is 4.18. The molecule has 0 bridgehead atoms. The van der Waals surface area contributed by atoms with Crippen molar-refractivity contribution in [2.24, 2.45) is 0 Å². The Bertz CT molecular complexity index is 464. The molecule has 0 amide bonds. The number of hydrogen-bond donors (Lipinski definition) is 0. The third kappa shape index (κ3) is 4.25. The van der Waals surface area contributed by atoms with Gasteiger partial charge in [-0.1, -0.05) is 13.8 Å². The van der Waals surface area contributed by atoms with Gasteiger partial charge in [0.1, 0.15) is 18.1 Å². The van der Waals surface area contributed by atoms with E-state index in [4.69, 9.17) is 9.47 Å². The van der Waals surface area contributed by atoms with Crippen LogP contribution in [0.1, 0.15) is 30.5 Å². The first-order chi connectivity index (χ1) is 9.04. The summed E-state index contributed by atoms with van der Waals surface area (Å²) in [5.41, 5.74) is 3.59. The number of aryl methyl sites for hydroxylation is 1. The third-order valence-corrected chi connectivity index (χ3v) is 3.76. The molecule has 0 heterocycles. The van der Waals surface area contributed by atoms with E-state index in [0.717, 1.165) is 33.3 Å². The summed E-state index contributed by atoms with van der Waals surface area (Å²) in [4.78, 5) is 0. The van der Waals surface area contributed by atoms with E-state index in [0.29, 0.717) is 6.61 Å². The highest BCUT2D eigenvalue weighted by Crippen LogP contribution is 2.34. The summed E-state index contributed by atoms with van der Waals surface area (Å²) >= 11 is 6.65. The first-order valence-electron chi connectivity index (χ1n) is 6.38. The maximum absolute atomic E-state index is 5.84. The van der Waals surface area contributed by atoms with Crippen molar-refractivity contribution in [3.63, 3.8) is 0 Å². The molecule has 0 unspecified atom stereocenters. The van der Waals surface area contributed by atoms with Gasteiger partial charge in [0, 0.05) is 5.56 Å². The van der Waals surface area contributed by atoms with Crippen LogP contribution < -0.4 is 9.47 Å². The fraction of sp³-hybridized carbons (Fsp3) is 0.467. The summed E-state index contributed by atoms with van der Waals surface area (Å²) in [6, 6.07) is 2.09. The molecule has 1 aromatic carbocycles. The molecule has 0 saturated carbocycles. The Morgan fingerprint density at radius 1 is 1.26 bits per heavy atom. The summed E-state index contributed by atoms with van der Waals surface area (Å²) in [5, 5.41) is 0. The standard InChI is InChI=1S/C15H20Br2O2/c1-5-11-9-13(19-8-7-14(16)17)10(3)12(6-2)15(11)18-4/h7,9H,5-6,8H2,1-4H3. The minimum Gasteiger partial charge on any atom is -0.496 e. The molecule has 1 rings (SSSR count). The van der Waals surface area contributed by atoms with Crippen LogP contribution in [0.4, 0.5) is 0 Å². The van der Waals surface area contributed by atoms with E-state index in [1.165, 1.54) is 11.1 Å². The molecule has 0 fully saturated rings. The van der Waals surface area contributed by atoms with E-state index in [1.54, 1.807) is 7.11 Å². The van der Waals surface area contributed by atoms with Gasteiger partial charge in [-0.05, 0) is 74.9 Å². The summed E-state index contributed by atoms with van der Waals surface area (Å²) in [5.74, 6) is 1.94. The minimum absolute atomic E-state index is 0.533. The van der Waals surface area contributed by atoms with Crippen molar-refractivity contribution in [3.8, 4) is 11.5 Å². The molecule has 0 aromatic heterocycles. The number of benzene rings is 1. The largest absolute Gasteiger partial charge is 0.496 e. The lowest BCUT2D eigenvalue weighted by atomic mass is 9.98. The average molecular weight is 392 g/mol. The van der Waals surface area contributed by atoms with Crippen LogP contribution >= 0.6 is 31.9 Å². The van der Waals surface area contributed by atoms with Crippen molar-refractivity contribution in [1.82, 2.24) is 0 Å². The number of ether oxygens (including phenoxy) is 2. The monoisotopic (exact) mass is 390 g/mol. The SMILES string of the molecule is CCc1cc(OCC=C(Br)Br)c(C)c(CC)c1OC. The lowest BCUT2D eigenvalue weighted by molar-refractivity contribution is 0.356. The molecule has 0 aliphatic heterocycles. The second-order valence-corrected chi connectivity index (χ2v) is 6.96. The summed E-state index contributed by atoms with van der Waals surface area (Å²) in [6.07, 6.45) is 3.81. The zero-order valence-electron chi connectivity index (χ0n) is 11.8. The lowest BCUT2D eigenvalue weighted by Gasteiger charge is -2.18. The van der Waals surface area contributed by atoms with Crippen LogP contribution in [0, 0.1) is 6.92 Å². The smallest absolute Gasteiger partial charge is 0.125 e. The Hall–Kier alpha value is -0.480. The van der Waals surface area contributed by atoms with E-state index >= 15 is 0 Å². The predicted octanol–water partition coefficient (Wildman–Crippen LogP) is 5.14. The van der Waals surface area contributed by atoms with Crippen LogP contribution in [0.2, 0.25) is 0 Å². The highest BCUT2D eigenvalue weighted by atomic mass is 79.9. The summed E-state index contributed by atoms with van der Waals surface area (Å²) in [7, 11) is 1.73. The fourth-order valence-electron chi connectivity index (χ4n) is 2.13. The fourth-order valence-corrected chi connectivity index (χ4v) is 2.40. The van der Waals surface area contributed by atoms with Crippen LogP contribution in [-0.4, -0.2) is 13.7 Å². The van der Waals surface area contributed by atoms with Crippen LogP contribution in [-0.2, 0) is 12.8 Å². The Kier molecular flexibility index (Phi) is 6.94.